The van der Waals surface area contributed by atoms with Crippen molar-refractivity contribution in [2.45, 2.75) is 50.0 Å². The van der Waals surface area contributed by atoms with Gasteiger partial charge in [0.1, 0.15) is 0 Å². The number of methoxy groups -OCH3 is 2. The molecule has 0 aromatic heterocycles. The topological polar surface area (TPSA) is 40.2 Å². The third-order valence-corrected chi connectivity index (χ3v) is 5.81. The number of fused-ring (bicyclic) bond motifs is 2. The second-order valence-electron chi connectivity index (χ2n) is 6.82. The van der Waals surface area contributed by atoms with Crippen molar-refractivity contribution in [2.24, 2.45) is 0 Å². The Labute approximate surface area is 137 Å². The quantitative estimate of drug-likeness (QED) is 0.853. The van der Waals surface area contributed by atoms with Gasteiger partial charge in [0.05, 0.1) is 11.7 Å². The van der Waals surface area contributed by atoms with Gasteiger partial charge in [-0.1, -0.05) is 6.07 Å². The molecular formula is C18H25NO4. The van der Waals surface area contributed by atoms with Crippen molar-refractivity contribution in [3.8, 4) is 11.5 Å². The van der Waals surface area contributed by atoms with E-state index in [0.29, 0.717) is 18.9 Å². The van der Waals surface area contributed by atoms with Gasteiger partial charge in [0.25, 0.3) is 0 Å². The average molecular weight is 319 g/mol. The second-order valence-corrected chi connectivity index (χ2v) is 6.82. The van der Waals surface area contributed by atoms with Gasteiger partial charge in [0, 0.05) is 33.4 Å². The summed E-state index contributed by atoms with van der Waals surface area (Å²) in [5.41, 5.74) is 1.27. The van der Waals surface area contributed by atoms with Crippen LogP contribution >= 0.6 is 0 Å². The zero-order valence-corrected chi connectivity index (χ0v) is 13.9. The van der Waals surface area contributed by atoms with E-state index in [4.69, 9.17) is 18.9 Å². The van der Waals surface area contributed by atoms with Crippen LogP contribution in [0.1, 0.15) is 31.2 Å². The molecule has 4 rings (SSSR count). The molecule has 3 aliphatic rings. The molecule has 0 N–H and O–H groups in total. The lowest BCUT2D eigenvalue weighted by atomic mass is 9.79. The fourth-order valence-electron chi connectivity index (χ4n) is 4.43. The molecule has 0 unspecified atom stereocenters. The number of nitrogens with zero attached hydrogens (tertiary/aromatic N) is 1. The monoisotopic (exact) mass is 319 g/mol. The van der Waals surface area contributed by atoms with Crippen molar-refractivity contribution in [2.75, 3.05) is 27.6 Å². The highest BCUT2D eigenvalue weighted by Crippen LogP contribution is 2.44. The zero-order valence-electron chi connectivity index (χ0n) is 13.9. The maximum Gasteiger partial charge on any atom is 0.231 e. The van der Waals surface area contributed by atoms with Crippen molar-refractivity contribution in [1.82, 2.24) is 4.90 Å². The maximum absolute atomic E-state index is 6.00. The summed E-state index contributed by atoms with van der Waals surface area (Å²) in [6.07, 6.45) is 4.69. The predicted octanol–water partition coefficient (Wildman–Crippen LogP) is 2.57. The van der Waals surface area contributed by atoms with Gasteiger partial charge in [0.15, 0.2) is 11.5 Å². The smallest absolute Gasteiger partial charge is 0.231 e. The highest BCUT2D eigenvalue weighted by Gasteiger charge is 2.50. The van der Waals surface area contributed by atoms with E-state index in [9.17, 15) is 0 Å². The zero-order chi connectivity index (χ0) is 15.9. The van der Waals surface area contributed by atoms with Crippen molar-refractivity contribution in [3.05, 3.63) is 23.8 Å². The summed E-state index contributed by atoms with van der Waals surface area (Å²) < 4.78 is 22.5. The van der Waals surface area contributed by atoms with Gasteiger partial charge < -0.3 is 18.9 Å². The van der Waals surface area contributed by atoms with E-state index in [2.05, 4.69) is 17.0 Å². The third kappa shape index (κ3) is 2.61. The first-order valence-electron chi connectivity index (χ1n) is 8.44. The number of hydrogen-bond donors (Lipinski definition) is 0. The first-order valence-corrected chi connectivity index (χ1v) is 8.44. The van der Waals surface area contributed by atoms with Gasteiger partial charge >= 0.3 is 0 Å². The fraction of sp³-hybridized carbons (Fsp3) is 0.667. The highest BCUT2D eigenvalue weighted by atomic mass is 16.7. The fourth-order valence-corrected chi connectivity index (χ4v) is 4.43. The summed E-state index contributed by atoms with van der Waals surface area (Å²) in [5.74, 6) is 1.71. The largest absolute Gasteiger partial charge is 0.454 e. The van der Waals surface area contributed by atoms with Gasteiger partial charge in [-0.2, -0.15) is 0 Å². The molecule has 0 radical (unpaired) electrons. The maximum atomic E-state index is 6.00. The van der Waals surface area contributed by atoms with Gasteiger partial charge in [-0.05, 0) is 43.4 Å². The second kappa shape index (κ2) is 5.96. The SMILES string of the molecule is CO[C@H]1CC[C@@]2(OC)CCN(Cc3ccc4c(c3)OCO4)[C@H]2C1. The average Bonchev–Trinajstić information content (AvgIpc) is 3.19. The molecule has 3 atom stereocenters. The van der Waals surface area contributed by atoms with E-state index in [1.807, 2.05) is 20.3 Å². The Hall–Kier alpha value is -1.30. The molecule has 1 aromatic carbocycles. The Kier molecular flexibility index (Phi) is 3.95. The van der Waals surface area contributed by atoms with E-state index in [-0.39, 0.29) is 5.60 Å². The summed E-state index contributed by atoms with van der Waals surface area (Å²) in [4.78, 5) is 2.55. The van der Waals surface area contributed by atoms with Crippen LogP contribution in [0.4, 0.5) is 0 Å². The Bertz CT molecular complexity index is 578. The Morgan fingerprint density at radius 1 is 1.22 bits per heavy atom. The number of hydrogen-bond acceptors (Lipinski definition) is 5. The molecule has 0 spiro atoms. The van der Waals surface area contributed by atoms with Crippen LogP contribution in [0, 0.1) is 0 Å². The minimum absolute atomic E-state index is 0.00533. The van der Waals surface area contributed by atoms with Crippen molar-refractivity contribution < 1.29 is 18.9 Å². The molecule has 126 valence electrons. The van der Waals surface area contributed by atoms with Gasteiger partial charge in [-0.3, -0.25) is 4.90 Å². The molecule has 2 fully saturated rings. The lowest BCUT2D eigenvalue weighted by molar-refractivity contribution is -0.0947. The van der Waals surface area contributed by atoms with Crippen LogP contribution in [0.5, 0.6) is 11.5 Å². The summed E-state index contributed by atoms with van der Waals surface area (Å²) in [7, 11) is 3.69. The van der Waals surface area contributed by atoms with Crippen LogP contribution in [0.25, 0.3) is 0 Å². The Morgan fingerprint density at radius 2 is 2.09 bits per heavy atom. The van der Waals surface area contributed by atoms with Crippen molar-refractivity contribution >= 4 is 0 Å². The van der Waals surface area contributed by atoms with Gasteiger partial charge in [0.2, 0.25) is 6.79 Å². The molecule has 1 saturated heterocycles. The normalized spacial score (nSPS) is 33.0. The summed E-state index contributed by atoms with van der Waals surface area (Å²) in [6, 6.07) is 6.68. The first-order chi connectivity index (χ1) is 11.2. The van der Waals surface area contributed by atoms with E-state index >= 15 is 0 Å². The summed E-state index contributed by atoms with van der Waals surface area (Å²) in [5, 5.41) is 0. The molecule has 2 heterocycles. The lowest BCUT2D eigenvalue weighted by Gasteiger charge is -2.43. The van der Waals surface area contributed by atoms with Crippen LogP contribution in [-0.4, -0.2) is 50.2 Å². The number of ether oxygens (including phenoxy) is 4. The molecule has 1 aliphatic carbocycles. The number of benzene rings is 1. The first kappa shape index (κ1) is 15.2. The molecule has 0 amide bonds. The van der Waals surface area contributed by atoms with E-state index in [1.165, 1.54) is 5.56 Å². The van der Waals surface area contributed by atoms with Gasteiger partial charge in [-0.25, -0.2) is 0 Å². The Balaban J connectivity index is 1.52. The molecular weight excluding hydrogens is 294 g/mol. The summed E-state index contributed by atoms with van der Waals surface area (Å²) >= 11 is 0. The van der Waals surface area contributed by atoms with E-state index < -0.39 is 0 Å². The Morgan fingerprint density at radius 3 is 2.91 bits per heavy atom. The predicted molar refractivity (Wildman–Crippen MR) is 85.8 cm³/mol. The van der Waals surface area contributed by atoms with E-state index in [1.54, 1.807) is 0 Å². The number of likely N-dealkylation sites (tertiary alicyclic amines) is 1. The molecule has 0 bridgehead atoms. The van der Waals surface area contributed by atoms with Crippen LogP contribution < -0.4 is 9.47 Å². The van der Waals surface area contributed by atoms with Crippen LogP contribution in [0.3, 0.4) is 0 Å². The molecule has 23 heavy (non-hydrogen) atoms. The number of rotatable bonds is 4. The van der Waals surface area contributed by atoms with Crippen molar-refractivity contribution in [3.63, 3.8) is 0 Å². The molecule has 5 nitrogen and oxygen atoms in total. The molecule has 5 heteroatoms. The summed E-state index contributed by atoms with van der Waals surface area (Å²) in [6.45, 7) is 2.32. The molecule has 1 aromatic rings. The third-order valence-electron chi connectivity index (χ3n) is 5.81. The highest BCUT2D eigenvalue weighted by molar-refractivity contribution is 5.44. The van der Waals surface area contributed by atoms with Crippen LogP contribution in [0.2, 0.25) is 0 Å². The standard InChI is InChI=1S/C18H25NO4/c1-20-14-5-6-18(21-2)7-8-19(17(18)10-14)11-13-3-4-15-16(9-13)23-12-22-15/h3-4,9,14,17H,5-8,10-12H2,1-2H3/t14-,17-,18+/m0/s1. The van der Waals surface area contributed by atoms with Crippen molar-refractivity contribution in [1.29, 1.82) is 0 Å². The minimum Gasteiger partial charge on any atom is -0.454 e. The van der Waals surface area contributed by atoms with Crippen LogP contribution in [-0.2, 0) is 16.0 Å². The molecule has 1 saturated carbocycles. The lowest BCUT2D eigenvalue weighted by Crippen LogP contribution is -2.51. The molecule has 2 aliphatic heterocycles. The van der Waals surface area contributed by atoms with Gasteiger partial charge in [-0.15, -0.1) is 0 Å². The minimum atomic E-state index is 0.00533. The van der Waals surface area contributed by atoms with Crippen LogP contribution in [0.15, 0.2) is 18.2 Å². The van der Waals surface area contributed by atoms with E-state index in [0.717, 1.165) is 50.3 Å².